The molecule has 3 rings (SSSR count). The number of para-hydroxylation sites is 1. The first-order chi connectivity index (χ1) is 7.83. The quantitative estimate of drug-likeness (QED) is 0.798. The van der Waals surface area contributed by atoms with Crippen LogP contribution < -0.4 is 5.32 Å². The van der Waals surface area contributed by atoms with Crippen molar-refractivity contribution in [2.45, 2.75) is 51.0 Å². The summed E-state index contributed by atoms with van der Waals surface area (Å²) in [5, 5.41) is 3.59. The third-order valence-corrected chi connectivity index (χ3v) is 4.06. The Labute approximate surface area is 98.3 Å². The van der Waals surface area contributed by atoms with Crippen LogP contribution in [0.4, 0.5) is 5.69 Å². The van der Waals surface area contributed by atoms with E-state index >= 15 is 0 Å². The van der Waals surface area contributed by atoms with Gasteiger partial charge in [-0.25, -0.2) is 0 Å². The Morgan fingerprint density at radius 3 is 2.81 bits per heavy atom. The van der Waals surface area contributed by atoms with Crippen molar-refractivity contribution in [3.05, 3.63) is 29.8 Å². The van der Waals surface area contributed by atoms with Crippen LogP contribution in [-0.4, -0.2) is 6.04 Å². The van der Waals surface area contributed by atoms with E-state index in [0.717, 1.165) is 11.8 Å². The van der Waals surface area contributed by atoms with E-state index in [0.29, 0.717) is 6.04 Å². The largest absolute Gasteiger partial charge is 0.382 e. The van der Waals surface area contributed by atoms with Crippen LogP contribution >= 0.6 is 0 Å². The molecule has 0 saturated heterocycles. The average Bonchev–Trinajstić information content (AvgIpc) is 3.09. The zero-order valence-electron chi connectivity index (χ0n) is 10.1. The van der Waals surface area contributed by atoms with E-state index in [2.05, 4.69) is 36.5 Å². The molecule has 1 heterocycles. The number of hydrogen-bond donors (Lipinski definition) is 1. The summed E-state index contributed by atoms with van der Waals surface area (Å²) in [5.41, 5.74) is 2.93. The molecule has 1 aliphatic carbocycles. The predicted molar refractivity (Wildman–Crippen MR) is 68.8 cm³/mol. The Balaban J connectivity index is 1.76. The molecule has 1 nitrogen and oxygen atoms in total. The molecular formula is C15H21N. The summed E-state index contributed by atoms with van der Waals surface area (Å²) in [6.45, 7) is 2.31. The highest BCUT2D eigenvalue weighted by Gasteiger charge is 2.27. The highest BCUT2D eigenvalue weighted by atomic mass is 14.9. The first kappa shape index (κ1) is 10.2. The van der Waals surface area contributed by atoms with Crippen LogP contribution in [0, 0.1) is 5.92 Å². The second-order valence-electron chi connectivity index (χ2n) is 5.59. The van der Waals surface area contributed by atoms with Gasteiger partial charge in [0.25, 0.3) is 0 Å². The van der Waals surface area contributed by atoms with Crippen LogP contribution in [0.2, 0.25) is 0 Å². The van der Waals surface area contributed by atoms with E-state index in [9.17, 15) is 0 Å². The minimum absolute atomic E-state index is 0.638. The van der Waals surface area contributed by atoms with Crippen molar-refractivity contribution in [1.29, 1.82) is 0 Å². The molecule has 16 heavy (non-hydrogen) atoms. The van der Waals surface area contributed by atoms with Crippen LogP contribution in [0.25, 0.3) is 0 Å². The molecule has 1 aliphatic heterocycles. The van der Waals surface area contributed by atoms with Gasteiger partial charge >= 0.3 is 0 Å². The van der Waals surface area contributed by atoms with Gasteiger partial charge in [0.05, 0.1) is 0 Å². The van der Waals surface area contributed by atoms with Gasteiger partial charge in [0, 0.05) is 11.7 Å². The van der Waals surface area contributed by atoms with E-state index < -0.39 is 0 Å². The summed E-state index contributed by atoms with van der Waals surface area (Å²) in [7, 11) is 0. The van der Waals surface area contributed by atoms with Gasteiger partial charge in [-0.3, -0.25) is 0 Å². The van der Waals surface area contributed by atoms with Crippen LogP contribution in [0.3, 0.4) is 0 Å². The first-order valence-corrected chi connectivity index (χ1v) is 6.68. The normalized spacial score (nSPS) is 28.3. The van der Waals surface area contributed by atoms with E-state index in [-0.39, 0.29) is 0 Å². The third kappa shape index (κ3) is 2.09. The summed E-state index contributed by atoms with van der Waals surface area (Å²) < 4.78 is 0. The fourth-order valence-electron chi connectivity index (χ4n) is 2.98. The fraction of sp³-hybridized carbons (Fsp3) is 0.600. The smallest absolute Gasteiger partial charge is 0.0377 e. The van der Waals surface area contributed by atoms with Crippen molar-refractivity contribution in [2.24, 2.45) is 5.92 Å². The van der Waals surface area contributed by atoms with E-state index in [1.807, 2.05) is 0 Å². The van der Waals surface area contributed by atoms with Crippen LogP contribution in [0.1, 0.15) is 50.5 Å². The molecule has 2 atom stereocenters. The van der Waals surface area contributed by atoms with Crippen LogP contribution in [0.5, 0.6) is 0 Å². The molecule has 1 saturated carbocycles. The van der Waals surface area contributed by atoms with Gasteiger partial charge in [0.15, 0.2) is 0 Å². The van der Waals surface area contributed by atoms with Crippen LogP contribution in [0.15, 0.2) is 24.3 Å². The average molecular weight is 215 g/mol. The highest BCUT2D eigenvalue weighted by Crippen LogP contribution is 2.41. The van der Waals surface area contributed by atoms with Crippen molar-refractivity contribution >= 4 is 5.69 Å². The SMILES string of the molecule is CC1CC(CCC2CC2)c2ccccc2N1. The van der Waals surface area contributed by atoms with E-state index in [1.165, 1.54) is 37.8 Å². The van der Waals surface area contributed by atoms with Crippen LogP contribution in [-0.2, 0) is 0 Å². The second-order valence-corrected chi connectivity index (χ2v) is 5.59. The van der Waals surface area contributed by atoms with Gasteiger partial charge < -0.3 is 5.32 Å². The molecule has 2 unspecified atom stereocenters. The molecule has 0 aromatic heterocycles. The maximum absolute atomic E-state index is 3.59. The lowest BCUT2D eigenvalue weighted by Crippen LogP contribution is -2.25. The molecular weight excluding hydrogens is 194 g/mol. The molecule has 1 N–H and O–H groups in total. The van der Waals surface area contributed by atoms with Gasteiger partial charge in [-0.15, -0.1) is 0 Å². The molecule has 2 aliphatic rings. The summed E-state index contributed by atoms with van der Waals surface area (Å²) >= 11 is 0. The topological polar surface area (TPSA) is 12.0 Å². The summed E-state index contributed by atoms with van der Waals surface area (Å²) in [5.74, 6) is 1.87. The zero-order valence-corrected chi connectivity index (χ0v) is 10.1. The maximum Gasteiger partial charge on any atom is 0.0377 e. The van der Waals surface area contributed by atoms with Crippen molar-refractivity contribution in [3.63, 3.8) is 0 Å². The van der Waals surface area contributed by atoms with E-state index in [1.54, 1.807) is 5.56 Å². The predicted octanol–water partition coefficient (Wildman–Crippen LogP) is 4.16. The molecule has 1 fully saturated rings. The number of fused-ring (bicyclic) bond motifs is 1. The Bertz CT molecular complexity index is 367. The standard InChI is InChI=1S/C15H21N/c1-11-10-13(9-8-12-6-7-12)14-4-2-3-5-15(14)16-11/h2-5,11-13,16H,6-10H2,1H3. The Morgan fingerprint density at radius 1 is 1.19 bits per heavy atom. The van der Waals surface area contributed by atoms with Crippen molar-refractivity contribution < 1.29 is 0 Å². The fourth-order valence-corrected chi connectivity index (χ4v) is 2.98. The second kappa shape index (κ2) is 4.12. The molecule has 0 amide bonds. The summed E-state index contributed by atoms with van der Waals surface area (Å²) in [6, 6.07) is 9.50. The molecule has 0 radical (unpaired) electrons. The van der Waals surface area contributed by atoms with Crippen molar-refractivity contribution in [3.8, 4) is 0 Å². The number of anilines is 1. The van der Waals surface area contributed by atoms with Gasteiger partial charge in [-0.2, -0.15) is 0 Å². The van der Waals surface area contributed by atoms with Crippen molar-refractivity contribution in [2.75, 3.05) is 5.32 Å². The van der Waals surface area contributed by atoms with E-state index in [4.69, 9.17) is 0 Å². The molecule has 1 aromatic rings. The molecule has 1 aromatic carbocycles. The Kier molecular flexibility index (Phi) is 2.62. The lowest BCUT2D eigenvalue weighted by molar-refractivity contribution is 0.490. The van der Waals surface area contributed by atoms with Gasteiger partial charge in [-0.05, 0) is 49.7 Å². The van der Waals surface area contributed by atoms with Gasteiger partial charge in [0.2, 0.25) is 0 Å². The van der Waals surface area contributed by atoms with Crippen molar-refractivity contribution in [1.82, 2.24) is 0 Å². The lowest BCUT2D eigenvalue weighted by atomic mass is 9.84. The molecule has 0 spiro atoms. The maximum atomic E-state index is 3.59. The first-order valence-electron chi connectivity index (χ1n) is 6.68. The highest BCUT2D eigenvalue weighted by molar-refractivity contribution is 5.55. The monoisotopic (exact) mass is 215 g/mol. The zero-order chi connectivity index (χ0) is 11.0. The molecule has 86 valence electrons. The minimum atomic E-state index is 0.638. The Hall–Kier alpha value is -0.980. The van der Waals surface area contributed by atoms with Gasteiger partial charge in [0.1, 0.15) is 0 Å². The number of nitrogens with one attached hydrogen (secondary N) is 1. The number of rotatable bonds is 3. The van der Waals surface area contributed by atoms with Gasteiger partial charge in [-0.1, -0.05) is 31.0 Å². The Morgan fingerprint density at radius 2 is 2.00 bits per heavy atom. The third-order valence-electron chi connectivity index (χ3n) is 4.06. The molecule has 1 heteroatoms. The summed E-state index contributed by atoms with van der Waals surface area (Å²) in [4.78, 5) is 0. The minimum Gasteiger partial charge on any atom is -0.382 e. The number of hydrogen-bond acceptors (Lipinski definition) is 1. The molecule has 0 bridgehead atoms. The number of benzene rings is 1. The lowest BCUT2D eigenvalue weighted by Gasteiger charge is -2.31. The summed E-state index contributed by atoms with van der Waals surface area (Å²) in [6.07, 6.45) is 7.13.